The standard InChI is InChI=1S/C20H21N3O2/c1-14-12-15(2)23(22-14)19-7-5-4-6-18(19)21-20(24)13-16-8-10-17(25-3)11-9-16/h4-12H,13H2,1-3H3,(H,21,24). The Morgan fingerprint density at radius 1 is 1.12 bits per heavy atom. The summed E-state index contributed by atoms with van der Waals surface area (Å²) in [5.41, 5.74) is 4.50. The van der Waals surface area contributed by atoms with Crippen molar-refractivity contribution in [1.82, 2.24) is 9.78 Å². The molecule has 0 unspecified atom stereocenters. The van der Waals surface area contributed by atoms with Gasteiger partial charge in [-0.05, 0) is 49.7 Å². The van der Waals surface area contributed by atoms with Crippen molar-refractivity contribution < 1.29 is 9.53 Å². The number of rotatable bonds is 5. The molecule has 0 saturated carbocycles. The molecule has 0 aliphatic carbocycles. The minimum atomic E-state index is -0.0702. The third-order valence-electron chi connectivity index (χ3n) is 3.94. The van der Waals surface area contributed by atoms with Crippen LogP contribution >= 0.6 is 0 Å². The van der Waals surface area contributed by atoms with E-state index in [4.69, 9.17) is 4.74 Å². The van der Waals surface area contributed by atoms with Crippen LogP contribution in [-0.2, 0) is 11.2 Å². The van der Waals surface area contributed by atoms with Crippen molar-refractivity contribution in [2.75, 3.05) is 12.4 Å². The lowest BCUT2D eigenvalue weighted by atomic mass is 10.1. The molecule has 1 amide bonds. The Balaban J connectivity index is 1.78. The number of nitrogens with zero attached hydrogens (tertiary/aromatic N) is 2. The Kier molecular flexibility index (Phi) is 4.84. The lowest BCUT2D eigenvalue weighted by Crippen LogP contribution is -2.16. The smallest absolute Gasteiger partial charge is 0.228 e. The second-order valence-electron chi connectivity index (χ2n) is 5.93. The quantitative estimate of drug-likeness (QED) is 0.774. The molecule has 25 heavy (non-hydrogen) atoms. The molecule has 3 rings (SSSR count). The maximum absolute atomic E-state index is 12.4. The summed E-state index contributed by atoms with van der Waals surface area (Å²) < 4.78 is 6.98. The number of methoxy groups -OCH3 is 1. The summed E-state index contributed by atoms with van der Waals surface area (Å²) in [6.07, 6.45) is 0.301. The molecule has 1 N–H and O–H groups in total. The lowest BCUT2D eigenvalue weighted by Gasteiger charge is -2.12. The number of aryl methyl sites for hydroxylation is 2. The molecule has 0 aliphatic rings. The van der Waals surface area contributed by atoms with Crippen LogP contribution in [0.2, 0.25) is 0 Å². The molecule has 0 atom stereocenters. The fraction of sp³-hybridized carbons (Fsp3) is 0.200. The van der Waals surface area contributed by atoms with Crippen molar-refractivity contribution in [3.63, 3.8) is 0 Å². The highest BCUT2D eigenvalue weighted by atomic mass is 16.5. The van der Waals surface area contributed by atoms with Gasteiger partial charge in [0.05, 0.1) is 30.6 Å². The van der Waals surface area contributed by atoms with Gasteiger partial charge >= 0.3 is 0 Å². The predicted molar refractivity (Wildman–Crippen MR) is 98.4 cm³/mol. The van der Waals surface area contributed by atoms with Gasteiger partial charge in [0.1, 0.15) is 5.75 Å². The number of benzene rings is 2. The largest absolute Gasteiger partial charge is 0.497 e. The van der Waals surface area contributed by atoms with Crippen LogP contribution in [-0.4, -0.2) is 22.8 Å². The van der Waals surface area contributed by atoms with Gasteiger partial charge in [-0.2, -0.15) is 5.10 Å². The zero-order chi connectivity index (χ0) is 17.8. The molecule has 0 saturated heterocycles. The van der Waals surface area contributed by atoms with Gasteiger partial charge in [0.25, 0.3) is 0 Å². The fourth-order valence-corrected chi connectivity index (χ4v) is 2.76. The van der Waals surface area contributed by atoms with Crippen molar-refractivity contribution in [3.8, 4) is 11.4 Å². The first-order valence-electron chi connectivity index (χ1n) is 8.12. The second kappa shape index (κ2) is 7.21. The molecule has 0 spiro atoms. The Morgan fingerprint density at radius 2 is 1.84 bits per heavy atom. The van der Waals surface area contributed by atoms with E-state index in [2.05, 4.69) is 10.4 Å². The van der Waals surface area contributed by atoms with Gasteiger partial charge in [-0.3, -0.25) is 4.79 Å². The van der Waals surface area contributed by atoms with Gasteiger partial charge in [0.2, 0.25) is 5.91 Å². The zero-order valence-corrected chi connectivity index (χ0v) is 14.6. The first-order valence-corrected chi connectivity index (χ1v) is 8.12. The van der Waals surface area contributed by atoms with Crippen LogP contribution in [0.15, 0.2) is 54.6 Å². The third kappa shape index (κ3) is 3.88. The van der Waals surface area contributed by atoms with E-state index in [1.807, 2.05) is 73.1 Å². The molecule has 0 radical (unpaired) electrons. The Morgan fingerprint density at radius 3 is 2.48 bits per heavy atom. The summed E-state index contributed by atoms with van der Waals surface area (Å²) in [4.78, 5) is 12.4. The summed E-state index contributed by atoms with van der Waals surface area (Å²) in [5.74, 6) is 0.707. The molecule has 1 aromatic heterocycles. The van der Waals surface area contributed by atoms with Crippen molar-refractivity contribution in [1.29, 1.82) is 0 Å². The Labute approximate surface area is 147 Å². The number of carbonyl (C=O) groups is 1. The Hall–Kier alpha value is -3.08. The van der Waals surface area contributed by atoms with Crippen molar-refractivity contribution in [2.24, 2.45) is 0 Å². The number of anilines is 1. The summed E-state index contributed by atoms with van der Waals surface area (Å²) in [6, 6.07) is 17.2. The molecule has 1 heterocycles. The molecule has 2 aromatic carbocycles. The molecule has 0 aliphatic heterocycles. The first kappa shape index (κ1) is 16.8. The molecule has 0 bridgehead atoms. The second-order valence-corrected chi connectivity index (χ2v) is 5.93. The number of para-hydroxylation sites is 2. The topological polar surface area (TPSA) is 56.1 Å². The molecule has 128 valence electrons. The van der Waals surface area contributed by atoms with Crippen LogP contribution in [0.4, 0.5) is 5.69 Å². The number of carbonyl (C=O) groups excluding carboxylic acids is 1. The molecular weight excluding hydrogens is 314 g/mol. The summed E-state index contributed by atoms with van der Waals surface area (Å²) in [7, 11) is 1.62. The van der Waals surface area contributed by atoms with Gasteiger partial charge in [-0.15, -0.1) is 0 Å². The number of hydrogen-bond donors (Lipinski definition) is 1. The van der Waals surface area contributed by atoms with Crippen LogP contribution < -0.4 is 10.1 Å². The van der Waals surface area contributed by atoms with E-state index in [1.54, 1.807) is 7.11 Å². The van der Waals surface area contributed by atoms with Crippen LogP contribution in [0.3, 0.4) is 0 Å². The van der Waals surface area contributed by atoms with E-state index in [0.29, 0.717) is 6.42 Å². The van der Waals surface area contributed by atoms with E-state index >= 15 is 0 Å². The van der Waals surface area contributed by atoms with Gasteiger partial charge in [0.15, 0.2) is 0 Å². The molecule has 0 fully saturated rings. The zero-order valence-electron chi connectivity index (χ0n) is 14.6. The minimum absolute atomic E-state index is 0.0702. The normalized spacial score (nSPS) is 10.5. The molecule has 3 aromatic rings. The number of hydrogen-bond acceptors (Lipinski definition) is 3. The highest BCUT2D eigenvalue weighted by Crippen LogP contribution is 2.22. The fourth-order valence-electron chi connectivity index (χ4n) is 2.76. The first-order chi connectivity index (χ1) is 12.1. The molecular formula is C20H21N3O2. The van der Waals surface area contributed by atoms with E-state index in [0.717, 1.165) is 34.1 Å². The number of aromatic nitrogens is 2. The van der Waals surface area contributed by atoms with Gasteiger partial charge in [-0.25, -0.2) is 4.68 Å². The highest BCUT2D eigenvalue weighted by Gasteiger charge is 2.11. The summed E-state index contributed by atoms with van der Waals surface area (Å²) in [6.45, 7) is 3.95. The maximum Gasteiger partial charge on any atom is 0.228 e. The average Bonchev–Trinajstić information content (AvgIpc) is 2.94. The summed E-state index contributed by atoms with van der Waals surface area (Å²) in [5, 5.41) is 7.49. The van der Waals surface area contributed by atoms with Crippen molar-refractivity contribution in [3.05, 3.63) is 71.5 Å². The highest BCUT2D eigenvalue weighted by molar-refractivity contribution is 5.94. The van der Waals surface area contributed by atoms with Crippen molar-refractivity contribution >= 4 is 11.6 Å². The number of ether oxygens (including phenoxy) is 1. The maximum atomic E-state index is 12.4. The average molecular weight is 335 g/mol. The van der Waals surface area contributed by atoms with E-state index in [9.17, 15) is 4.79 Å². The van der Waals surface area contributed by atoms with Crippen molar-refractivity contribution in [2.45, 2.75) is 20.3 Å². The van der Waals surface area contributed by atoms with Gasteiger partial charge in [0, 0.05) is 5.69 Å². The van der Waals surface area contributed by atoms with Gasteiger partial charge in [-0.1, -0.05) is 24.3 Å². The van der Waals surface area contributed by atoms with Crippen LogP contribution in [0, 0.1) is 13.8 Å². The van der Waals surface area contributed by atoms with E-state index in [-0.39, 0.29) is 5.91 Å². The monoisotopic (exact) mass is 335 g/mol. The lowest BCUT2D eigenvalue weighted by molar-refractivity contribution is -0.115. The molecule has 5 nitrogen and oxygen atoms in total. The van der Waals surface area contributed by atoms with E-state index in [1.165, 1.54) is 0 Å². The predicted octanol–water partition coefficient (Wildman–Crippen LogP) is 3.68. The molecule has 5 heteroatoms. The van der Waals surface area contributed by atoms with Crippen LogP contribution in [0.1, 0.15) is 17.0 Å². The number of amides is 1. The third-order valence-corrected chi connectivity index (χ3v) is 3.94. The SMILES string of the molecule is COc1ccc(CC(=O)Nc2ccccc2-n2nc(C)cc2C)cc1. The Bertz CT molecular complexity index is 882. The summed E-state index contributed by atoms with van der Waals surface area (Å²) >= 11 is 0. The van der Waals surface area contributed by atoms with E-state index < -0.39 is 0 Å². The van der Waals surface area contributed by atoms with Crippen LogP contribution in [0.25, 0.3) is 5.69 Å². The van der Waals surface area contributed by atoms with Gasteiger partial charge < -0.3 is 10.1 Å². The van der Waals surface area contributed by atoms with Crippen LogP contribution in [0.5, 0.6) is 5.75 Å². The number of nitrogens with one attached hydrogen (secondary N) is 1. The minimum Gasteiger partial charge on any atom is -0.497 e.